The van der Waals surface area contributed by atoms with Crippen LogP contribution in [0.3, 0.4) is 0 Å². The Morgan fingerprint density at radius 3 is 2.69 bits per heavy atom. The van der Waals surface area contributed by atoms with Crippen molar-refractivity contribution in [2.24, 2.45) is 0 Å². The summed E-state index contributed by atoms with van der Waals surface area (Å²) < 4.78 is 38.6. The van der Waals surface area contributed by atoms with Crippen LogP contribution < -0.4 is 4.74 Å². The van der Waals surface area contributed by atoms with Crippen molar-refractivity contribution < 1.29 is 22.4 Å². The average molecular weight is 474 g/mol. The summed E-state index contributed by atoms with van der Waals surface area (Å²) >= 11 is 1.31. The summed E-state index contributed by atoms with van der Waals surface area (Å²) in [6, 6.07) is 11.8. The first kappa shape index (κ1) is 22.5. The number of hydrogen-bond donors (Lipinski definition) is 0. The number of hydrogen-bond acceptors (Lipinski definition) is 8. The standard InChI is InChI=1S/C22H23N3O5S2/c1-29-20-9-8-16(14-26)12-18(20)15-31-22-24-23-21(30-22)17-6-5-7-19(13-17)32(27,28)25-10-3-2-4-11-25/h5-9,12-14H,2-4,10-11,15H2,1H3. The number of rotatable bonds is 8. The third-order valence-corrected chi connectivity index (χ3v) is 7.99. The van der Waals surface area contributed by atoms with Gasteiger partial charge < -0.3 is 9.15 Å². The molecular formula is C22H23N3O5S2. The Kier molecular flexibility index (Phi) is 6.92. The van der Waals surface area contributed by atoms with E-state index in [-0.39, 0.29) is 10.8 Å². The number of sulfonamides is 1. The molecule has 0 amide bonds. The first-order chi connectivity index (χ1) is 15.5. The van der Waals surface area contributed by atoms with Crippen LogP contribution >= 0.6 is 11.8 Å². The van der Waals surface area contributed by atoms with Gasteiger partial charge in [0.25, 0.3) is 5.22 Å². The van der Waals surface area contributed by atoms with Crippen molar-refractivity contribution in [3.05, 3.63) is 53.6 Å². The molecule has 4 rings (SSSR count). The largest absolute Gasteiger partial charge is 0.496 e. The first-order valence-electron chi connectivity index (χ1n) is 10.2. The second-order valence-electron chi connectivity index (χ2n) is 7.34. The molecule has 0 saturated carbocycles. The lowest BCUT2D eigenvalue weighted by molar-refractivity contribution is 0.112. The van der Waals surface area contributed by atoms with E-state index in [4.69, 9.17) is 9.15 Å². The number of aromatic nitrogens is 2. The fourth-order valence-electron chi connectivity index (χ4n) is 3.55. The monoisotopic (exact) mass is 473 g/mol. The van der Waals surface area contributed by atoms with Gasteiger partial charge in [-0.05, 0) is 49.2 Å². The Labute approximate surface area is 191 Å². The molecular weight excluding hydrogens is 450 g/mol. The molecule has 10 heteroatoms. The van der Waals surface area contributed by atoms with Gasteiger partial charge in [0.15, 0.2) is 0 Å². The van der Waals surface area contributed by atoms with Crippen LogP contribution in [0, 0.1) is 0 Å². The molecule has 32 heavy (non-hydrogen) atoms. The zero-order valence-corrected chi connectivity index (χ0v) is 19.2. The average Bonchev–Trinajstić information content (AvgIpc) is 3.32. The fourth-order valence-corrected chi connectivity index (χ4v) is 5.86. The van der Waals surface area contributed by atoms with Gasteiger partial charge in [0.1, 0.15) is 12.0 Å². The lowest BCUT2D eigenvalue weighted by atomic mass is 10.1. The number of carbonyl (C=O) groups excluding carboxylic acids is 1. The van der Waals surface area contributed by atoms with Crippen molar-refractivity contribution in [1.29, 1.82) is 0 Å². The van der Waals surface area contributed by atoms with Crippen molar-refractivity contribution in [2.75, 3.05) is 20.2 Å². The molecule has 0 unspecified atom stereocenters. The summed E-state index contributed by atoms with van der Waals surface area (Å²) in [5.41, 5.74) is 1.93. The maximum atomic E-state index is 13.0. The van der Waals surface area contributed by atoms with E-state index in [1.807, 2.05) is 0 Å². The molecule has 0 atom stereocenters. The van der Waals surface area contributed by atoms with E-state index >= 15 is 0 Å². The van der Waals surface area contributed by atoms with Crippen molar-refractivity contribution >= 4 is 28.1 Å². The minimum atomic E-state index is -3.55. The molecule has 0 N–H and O–H groups in total. The number of piperidine rings is 1. The van der Waals surface area contributed by atoms with Crippen LogP contribution in [-0.4, -0.2) is 49.4 Å². The van der Waals surface area contributed by atoms with E-state index in [0.29, 0.717) is 40.9 Å². The molecule has 168 valence electrons. The van der Waals surface area contributed by atoms with Gasteiger partial charge in [-0.25, -0.2) is 8.42 Å². The van der Waals surface area contributed by atoms with E-state index in [1.165, 1.54) is 16.1 Å². The Bertz CT molecular complexity index is 1200. The second kappa shape index (κ2) is 9.85. The SMILES string of the molecule is COc1ccc(C=O)cc1CSc1nnc(-c2cccc(S(=O)(=O)N3CCCCC3)c2)o1. The summed E-state index contributed by atoms with van der Waals surface area (Å²) in [4.78, 5) is 11.3. The zero-order valence-electron chi connectivity index (χ0n) is 17.6. The first-order valence-corrected chi connectivity index (χ1v) is 12.6. The third-order valence-electron chi connectivity index (χ3n) is 5.23. The Morgan fingerprint density at radius 1 is 1.12 bits per heavy atom. The molecule has 2 aromatic carbocycles. The fraction of sp³-hybridized carbons (Fsp3) is 0.318. The van der Waals surface area contributed by atoms with Crippen LogP contribution in [0.25, 0.3) is 11.5 Å². The summed E-state index contributed by atoms with van der Waals surface area (Å²) in [5.74, 6) is 1.38. The molecule has 1 fully saturated rings. The van der Waals surface area contributed by atoms with E-state index < -0.39 is 10.0 Å². The topological polar surface area (TPSA) is 103 Å². The number of aldehydes is 1. The van der Waals surface area contributed by atoms with Crippen molar-refractivity contribution in [2.45, 2.75) is 35.1 Å². The maximum Gasteiger partial charge on any atom is 0.277 e. The molecule has 1 aromatic heterocycles. The smallest absolute Gasteiger partial charge is 0.277 e. The van der Waals surface area contributed by atoms with Crippen LogP contribution in [0.5, 0.6) is 5.75 Å². The number of benzene rings is 2. The van der Waals surface area contributed by atoms with Crippen molar-refractivity contribution in [3.8, 4) is 17.2 Å². The molecule has 1 saturated heterocycles. The Balaban J connectivity index is 1.51. The highest BCUT2D eigenvalue weighted by Gasteiger charge is 2.26. The summed E-state index contributed by atoms with van der Waals surface area (Å²) in [7, 11) is -1.98. The van der Waals surface area contributed by atoms with Crippen LogP contribution in [0.15, 0.2) is 57.0 Å². The predicted molar refractivity (Wildman–Crippen MR) is 120 cm³/mol. The molecule has 2 heterocycles. The minimum absolute atomic E-state index is 0.222. The van der Waals surface area contributed by atoms with E-state index in [9.17, 15) is 13.2 Å². The van der Waals surface area contributed by atoms with Gasteiger partial charge in [0.2, 0.25) is 15.9 Å². The van der Waals surface area contributed by atoms with E-state index in [1.54, 1.807) is 49.6 Å². The van der Waals surface area contributed by atoms with Crippen molar-refractivity contribution in [1.82, 2.24) is 14.5 Å². The third kappa shape index (κ3) is 4.87. The Morgan fingerprint density at radius 2 is 1.94 bits per heavy atom. The number of methoxy groups -OCH3 is 1. The van der Waals surface area contributed by atoms with Gasteiger partial charge in [-0.3, -0.25) is 4.79 Å². The number of nitrogens with zero attached hydrogens (tertiary/aromatic N) is 3. The highest BCUT2D eigenvalue weighted by Crippen LogP contribution is 2.31. The number of carbonyl (C=O) groups is 1. The predicted octanol–water partition coefficient (Wildman–Crippen LogP) is 4.02. The van der Waals surface area contributed by atoms with Crippen LogP contribution in [0.4, 0.5) is 0 Å². The van der Waals surface area contributed by atoms with Gasteiger partial charge >= 0.3 is 0 Å². The molecule has 0 radical (unpaired) electrons. The second-order valence-corrected chi connectivity index (χ2v) is 10.2. The molecule has 8 nitrogen and oxygen atoms in total. The van der Waals surface area contributed by atoms with E-state index in [2.05, 4.69) is 10.2 Å². The zero-order chi connectivity index (χ0) is 22.6. The van der Waals surface area contributed by atoms with Crippen LogP contribution in [-0.2, 0) is 15.8 Å². The number of thioether (sulfide) groups is 1. The molecule has 0 bridgehead atoms. The quantitative estimate of drug-likeness (QED) is 0.357. The molecule has 0 spiro atoms. The number of ether oxygens (including phenoxy) is 1. The van der Waals surface area contributed by atoms with Gasteiger partial charge in [0, 0.05) is 35.5 Å². The molecule has 1 aliphatic heterocycles. The van der Waals surface area contributed by atoms with Crippen LogP contribution in [0.2, 0.25) is 0 Å². The molecule has 3 aromatic rings. The molecule has 0 aliphatic carbocycles. The molecule has 1 aliphatic rings. The van der Waals surface area contributed by atoms with E-state index in [0.717, 1.165) is 31.1 Å². The van der Waals surface area contributed by atoms with Crippen molar-refractivity contribution in [3.63, 3.8) is 0 Å². The lowest BCUT2D eigenvalue weighted by Crippen LogP contribution is -2.35. The summed E-state index contributed by atoms with van der Waals surface area (Å²) in [6.07, 6.45) is 3.59. The summed E-state index contributed by atoms with van der Waals surface area (Å²) in [5, 5.41) is 8.48. The van der Waals surface area contributed by atoms with Gasteiger partial charge in [-0.2, -0.15) is 4.31 Å². The Hall–Kier alpha value is -2.69. The van der Waals surface area contributed by atoms with Gasteiger partial charge in [-0.15, -0.1) is 10.2 Å². The van der Waals surface area contributed by atoms with Gasteiger partial charge in [0.05, 0.1) is 12.0 Å². The normalized spacial score (nSPS) is 14.9. The van der Waals surface area contributed by atoms with Gasteiger partial charge in [-0.1, -0.05) is 24.2 Å². The maximum absolute atomic E-state index is 13.0. The highest BCUT2D eigenvalue weighted by atomic mass is 32.2. The minimum Gasteiger partial charge on any atom is -0.496 e. The highest BCUT2D eigenvalue weighted by molar-refractivity contribution is 7.98. The van der Waals surface area contributed by atoms with Crippen LogP contribution in [0.1, 0.15) is 35.2 Å². The summed E-state index contributed by atoms with van der Waals surface area (Å²) in [6.45, 7) is 1.09. The lowest BCUT2D eigenvalue weighted by Gasteiger charge is -2.25.